The van der Waals surface area contributed by atoms with Crippen molar-refractivity contribution in [2.45, 2.75) is 39.2 Å². The fourth-order valence-electron chi connectivity index (χ4n) is 1.23. The van der Waals surface area contributed by atoms with Crippen molar-refractivity contribution in [2.24, 2.45) is 16.1 Å². The van der Waals surface area contributed by atoms with Gasteiger partial charge in [0.1, 0.15) is 12.3 Å². The minimum Gasteiger partial charge on any atom is -0.480 e. The summed E-state index contributed by atoms with van der Waals surface area (Å²) in [6.07, 6.45) is 2.23. The minimum absolute atomic E-state index is 0.0323. The molecular weight excluding hydrogens is 573 g/mol. The number of aldehydes is 1. The molecule has 11 nitrogen and oxygen atoms in total. The topological polar surface area (TPSA) is 166 Å². The first kappa shape index (κ1) is 34.9. The van der Waals surface area contributed by atoms with Crippen LogP contribution in [0.4, 0.5) is 0 Å². The van der Waals surface area contributed by atoms with Crippen LogP contribution in [0.2, 0.25) is 0 Å². The molecule has 0 aromatic rings. The Morgan fingerprint density at radius 2 is 1.81 bits per heavy atom. The monoisotopic (exact) mass is 605 g/mol. The molecule has 184 valence electrons. The normalized spacial score (nSPS) is 10.5. The Morgan fingerprint density at radius 3 is 2.25 bits per heavy atom. The number of carbonyl (C=O) groups is 5. The van der Waals surface area contributed by atoms with E-state index in [4.69, 9.17) is 5.11 Å². The molecule has 0 aliphatic heterocycles. The lowest BCUT2D eigenvalue weighted by molar-refractivity contribution is -0.141. The Morgan fingerprint density at radius 1 is 1.22 bits per heavy atom. The average molecular weight is 606 g/mol. The summed E-state index contributed by atoms with van der Waals surface area (Å²) in [5, 5.41) is 17.8. The lowest BCUT2D eigenvalue weighted by Crippen LogP contribution is -2.41. The fourth-order valence-corrected chi connectivity index (χ4v) is 3.08. The maximum Gasteiger partial charge on any atom is 0.326 e. The zero-order valence-corrected chi connectivity index (χ0v) is 22.2. The summed E-state index contributed by atoms with van der Waals surface area (Å²) in [4.78, 5) is 53.8. The molecule has 1 unspecified atom stereocenters. The summed E-state index contributed by atoms with van der Waals surface area (Å²) in [7, 11) is 4.17. The predicted octanol–water partition coefficient (Wildman–Crippen LogP) is 1.51. The molecule has 0 spiro atoms. The first-order chi connectivity index (χ1) is 15.2. The number of aliphatic carboxylic acids is 1. The van der Waals surface area contributed by atoms with Gasteiger partial charge in [-0.25, -0.2) is 10.2 Å². The molecule has 0 bridgehead atoms. The maximum atomic E-state index is 11.6. The summed E-state index contributed by atoms with van der Waals surface area (Å²) in [5.41, 5.74) is 4.42. The molecule has 0 aliphatic rings. The van der Waals surface area contributed by atoms with Gasteiger partial charge in [0, 0.05) is 36.8 Å². The zero-order chi connectivity index (χ0) is 25.2. The van der Waals surface area contributed by atoms with E-state index in [1.807, 2.05) is 5.43 Å². The fraction of sp³-hybridized carbons (Fsp3) is 0.611. The molecular formula is C18H32IN5O6S2. The molecule has 0 aliphatic carbocycles. The molecule has 14 heteroatoms. The first-order valence-electron chi connectivity index (χ1n) is 9.33. The number of Topliss-reactive ketones (excluding diaryl/α,β-unsaturated/α-hetero) is 1. The predicted molar refractivity (Wildman–Crippen MR) is 139 cm³/mol. The second-order valence-corrected chi connectivity index (χ2v) is 9.40. The van der Waals surface area contributed by atoms with Gasteiger partial charge in [-0.2, -0.15) is 10.2 Å². The summed E-state index contributed by atoms with van der Waals surface area (Å²) >= 11 is 2.38. The maximum absolute atomic E-state index is 11.6. The highest BCUT2D eigenvalue weighted by atomic mass is 127. The summed E-state index contributed by atoms with van der Waals surface area (Å²) in [6.45, 7) is 7.55. The number of nitrogens with one attached hydrogen (secondary N) is 3. The Bertz CT molecular complexity index is 582. The number of carbonyl (C=O) groups excluding carboxylic acids is 4. The van der Waals surface area contributed by atoms with E-state index < -0.39 is 17.9 Å². The number of hydrazone groups is 2. The number of hydrogen-bond acceptors (Lipinski definition) is 10. The van der Waals surface area contributed by atoms with Crippen molar-refractivity contribution >= 4 is 87.5 Å². The van der Waals surface area contributed by atoms with Crippen LogP contribution >= 0.6 is 44.2 Å². The van der Waals surface area contributed by atoms with Crippen molar-refractivity contribution in [1.82, 2.24) is 16.2 Å². The van der Waals surface area contributed by atoms with Crippen molar-refractivity contribution in [3.8, 4) is 0 Å². The lowest BCUT2D eigenvalue weighted by Gasteiger charge is -2.12. The van der Waals surface area contributed by atoms with Gasteiger partial charge in [0.2, 0.25) is 12.3 Å². The first-order valence-corrected chi connectivity index (χ1v) is 13.3. The van der Waals surface area contributed by atoms with Crippen LogP contribution in [0.1, 0.15) is 33.1 Å². The number of ketones is 1. The molecule has 0 aromatic carbocycles. The summed E-state index contributed by atoms with van der Waals surface area (Å²) < 4.78 is 1.28. The summed E-state index contributed by atoms with van der Waals surface area (Å²) in [5.74, 6) is -0.565. The van der Waals surface area contributed by atoms with Crippen LogP contribution in [0.15, 0.2) is 10.2 Å². The van der Waals surface area contributed by atoms with Gasteiger partial charge in [-0.3, -0.25) is 14.4 Å². The second-order valence-electron chi connectivity index (χ2n) is 5.94. The third-order valence-electron chi connectivity index (χ3n) is 2.71. The minimum atomic E-state index is -1.19. The number of carboxylic acid groups (broad SMARTS) is 1. The third kappa shape index (κ3) is 30.5. The summed E-state index contributed by atoms with van der Waals surface area (Å²) in [6, 6.07) is -1.08. The highest BCUT2D eigenvalue weighted by Gasteiger charge is 2.19. The number of alkyl halides is 1. The molecule has 0 saturated heterocycles. The van der Waals surface area contributed by atoms with Gasteiger partial charge in [0.25, 0.3) is 0 Å². The average Bonchev–Trinajstić information content (AvgIpc) is 2.76. The van der Waals surface area contributed by atoms with Gasteiger partial charge >= 0.3 is 5.97 Å². The standard InChI is InChI=1S/C12H17N3O6S2.C4H9I.C2H6N2/c16-4-1-2-10(12(20)21)15-11(19)7-23-22-5-3-9(18)6-13-14-8-17;1-4(2)3-5;1-3-4-2/h4,6,8,10H,1-3,5,7H2,(H,14,17)(H,15,19)(H,20,21);4H,3H2,1-2H3;4H,1H2,2H3/b13-6+;;. The molecule has 0 aromatic heterocycles. The van der Waals surface area contributed by atoms with E-state index in [0.29, 0.717) is 18.4 Å². The largest absolute Gasteiger partial charge is 0.480 e. The Balaban J connectivity index is -0.000000783. The smallest absolute Gasteiger partial charge is 0.326 e. The van der Waals surface area contributed by atoms with Crippen LogP contribution < -0.4 is 16.2 Å². The van der Waals surface area contributed by atoms with Gasteiger partial charge in [-0.1, -0.05) is 58.0 Å². The lowest BCUT2D eigenvalue weighted by atomic mass is 10.1. The SMILES string of the molecule is C=NNC.CC(C)CI.O=CCCC(NC(=O)CSSCCC(=O)/C=N/NC=O)C(=O)O. The van der Waals surface area contributed by atoms with E-state index in [-0.39, 0.29) is 30.8 Å². The number of rotatable bonds is 16. The highest BCUT2D eigenvalue weighted by Crippen LogP contribution is 2.21. The van der Waals surface area contributed by atoms with Crippen molar-refractivity contribution in [3.05, 3.63) is 0 Å². The molecule has 0 saturated carbocycles. The van der Waals surface area contributed by atoms with E-state index in [9.17, 15) is 24.0 Å². The van der Waals surface area contributed by atoms with E-state index in [1.54, 1.807) is 7.05 Å². The quantitative estimate of drug-likeness (QED) is 0.0388. The van der Waals surface area contributed by atoms with Crippen LogP contribution in [0.25, 0.3) is 0 Å². The molecule has 0 heterocycles. The van der Waals surface area contributed by atoms with Crippen LogP contribution in [-0.2, 0) is 24.0 Å². The van der Waals surface area contributed by atoms with Crippen molar-refractivity contribution < 1.29 is 29.1 Å². The molecule has 1 atom stereocenters. The van der Waals surface area contributed by atoms with Crippen molar-refractivity contribution in [2.75, 3.05) is 23.0 Å². The van der Waals surface area contributed by atoms with Gasteiger partial charge < -0.3 is 20.6 Å². The number of carboxylic acids is 1. The molecule has 32 heavy (non-hydrogen) atoms. The van der Waals surface area contributed by atoms with E-state index in [0.717, 1.165) is 12.1 Å². The Kier molecular flexibility index (Phi) is 29.9. The third-order valence-corrected chi connectivity index (χ3v) is 6.75. The number of amides is 2. The number of hydrogen-bond donors (Lipinski definition) is 4. The molecule has 0 rings (SSSR count). The van der Waals surface area contributed by atoms with Gasteiger partial charge in [-0.15, -0.1) is 0 Å². The molecule has 0 radical (unpaired) electrons. The van der Waals surface area contributed by atoms with Crippen molar-refractivity contribution in [1.29, 1.82) is 0 Å². The van der Waals surface area contributed by atoms with Gasteiger partial charge in [-0.05, 0) is 12.3 Å². The molecule has 0 fully saturated rings. The van der Waals surface area contributed by atoms with Crippen LogP contribution in [0.3, 0.4) is 0 Å². The van der Waals surface area contributed by atoms with E-state index in [1.165, 1.54) is 26.0 Å². The number of halogens is 1. The second kappa shape index (κ2) is 27.4. The van der Waals surface area contributed by atoms with Gasteiger partial charge in [0.15, 0.2) is 5.78 Å². The molecule has 4 N–H and O–H groups in total. The van der Waals surface area contributed by atoms with E-state index in [2.05, 4.69) is 64.1 Å². The van der Waals surface area contributed by atoms with Crippen LogP contribution in [0, 0.1) is 5.92 Å². The van der Waals surface area contributed by atoms with Crippen molar-refractivity contribution in [3.63, 3.8) is 0 Å². The zero-order valence-electron chi connectivity index (χ0n) is 18.4. The van der Waals surface area contributed by atoms with Gasteiger partial charge in [0.05, 0.1) is 12.0 Å². The Labute approximate surface area is 210 Å². The van der Waals surface area contributed by atoms with Crippen LogP contribution in [-0.4, -0.2) is 77.4 Å². The number of nitrogens with zero attached hydrogens (tertiary/aromatic N) is 2. The van der Waals surface area contributed by atoms with Crippen LogP contribution in [0.5, 0.6) is 0 Å². The Hall–Kier alpha value is -1.68. The molecule has 2 amide bonds. The van der Waals surface area contributed by atoms with E-state index >= 15 is 0 Å². The highest BCUT2D eigenvalue weighted by molar-refractivity contribution is 14.1.